The topological polar surface area (TPSA) is 75.3 Å². The summed E-state index contributed by atoms with van der Waals surface area (Å²) in [4.78, 5) is 11.1. The van der Waals surface area contributed by atoms with Crippen molar-refractivity contribution in [2.75, 3.05) is 6.54 Å². The Kier molecular flexibility index (Phi) is 2.79. The number of phenolic OH excluding ortho intramolecular Hbond substituents is 1. The number of ketones is 1. The molecule has 0 heterocycles. The van der Waals surface area contributed by atoms with Crippen molar-refractivity contribution in [2.45, 2.75) is 0 Å². The average Bonchev–Trinajstić information content (AvgIpc) is 2.06. The van der Waals surface area contributed by atoms with E-state index in [9.17, 15) is 4.79 Å². The fourth-order valence-corrected chi connectivity index (χ4v) is 0.842. The number of benzene rings is 1. The lowest BCUT2D eigenvalue weighted by molar-refractivity contribution is 0.0991. The second-order valence-corrected chi connectivity index (χ2v) is 2.35. The second-order valence-electron chi connectivity index (χ2n) is 2.35. The number of hydrazine groups is 1. The number of phenols is 1. The number of carbonyl (C=O) groups is 1. The molecular weight excluding hydrogens is 156 g/mol. The normalized spacial score (nSPS) is 9.75. The third-order valence-electron chi connectivity index (χ3n) is 1.45. The smallest absolute Gasteiger partial charge is 0.177 e. The summed E-state index contributed by atoms with van der Waals surface area (Å²) in [5.74, 6) is 5.02. The highest BCUT2D eigenvalue weighted by molar-refractivity contribution is 5.97. The summed E-state index contributed by atoms with van der Waals surface area (Å²) in [5, 5.41) is 8.92. The van der Waals surface area contributed by atoms with Crippen molar-refractivity contribution >= 4 is 5.78 Å². The molecule has 0 saturated heterocycles. The molecule has 0 radical (unpaired) electrons. The lowest BCUT2D eigenvalue weighted by Gasteiger charge is -1.98. The number of Topliss-reactive ketones (excluding diaryl/α,β-unsaturated/α-hetero) is 1. The van der Waals surface area contributed by atoms with Crippen molar-refractivity contribution in [3.05, 3.63) is 29.8 Å². The van der Waals surface area contributed by atoms with Gasteiger partial charge in [-0.25, -0.2) is 0 Å². The molecule has 4 N–H and O–H groups in total. The summed E-state index contributed by atoms with van der Waals surface area (Å²) < 4.78 is 0. The predicted molar refractivity (Wildman–Crippen MR) is 44.6 cm³/mol. The minimum absolute atomic E-state index is 0.0995. The molecule has 0 bridgehead atoms. The van der Waals surface area contributed by atoms with Crippen LogP contribution in [-0.4, -0.2) is 17.4 Å². The van der Waals surface area contributed by atoms with E-state index in [0.29, 0.717) is 5.56 Å². The van der Waals surface area contributed by atoms with Gasteiger partial charge < -0.3 is 5.11 Å². The van der Waals surface area contributed by atoms with Gasteiger partial charge in [0.25, 0.3) is 0 Å². The van der Waals surface area contributed by atoms with E-state index in [4.69, 9.17) is 10.9 Å². The van der Waals surface area contributed by atoms with Gasteiger partial charge in [0.1, 0.15) is 5.75 Å². The maximum Gasteiger partial charge on any atom is 0.177 e. The fraction of sp³-hybridized carbons (Fsp3) is 0.125. The second kappa shape index (κ2) is 3.85. The van der Waals surface area contributed by atoms with Gasteiger partial charge in [-0.3, -0.25) is 16.1 Å². The molecule has 1 aromatic carbocycles. The number of rotatable bonds is 3. The van der Waals surface area contributed by atoms with Crippen LogP contribution in [0.25, 0.3) is 0 Å². The lowest BCUT2D eigenvalue weighted by atomic mass is 10.1. The van der Waals surface area contributed by atoms with E-state index >= 15 is 0 Å². The molecule has 0 aliphatic carbocycles. The van der Waals surface area contributed by atoms with Gasteiger partial charge in [0.15, 0.2) is 5.78 Å². The Hall–Kier alpha value is -1.39. The quantitative estimate of drug-likeness (QED) is 0.336. The van der Waals surface area contributed by atoms with Gasteiger partial charge in [0.05, 0.1) is 6.54 Å². The first-order valence-electron chi connectivity index (χ1n) is 3.49. The van der Waals surface area contributed by atoms with Crippen LogP contribution in [0.15, 0.2) is 24.3 Å². The molecule has 0 unspecified atom stereocenters. The van der Waals surface area contributed by atoms with Crippen LogP contribution >= 0.6 is 0 Å². The van der Waals surface area contributed by atoms with E-state index in [0.717, 1.165) is 0 Å². The van der Waals surface area contributed by atoms with E-state index in [1.54, 1.807) is 12.1 Å². The van der Waals surface area contributed by atoms with Crippen LogP contribution in [-0.2, 0) is 0 Å². The first kappa shape index (κ1) is 8.70. The number of nitrogens with one attached hydrogen (secondary N) is 1. The molecule has 0 aromatic heterocycles. The van der Waals surface area contributed by atoms with Crippen LogP contribution in [0.4, 0.5) is 0 Å². The zero-order valence-corrected chi connectivity index (χ0v) is 6.45. The third kappa shape index (κ3) is 2.05. The fourth-order valence-electron chi connectivity index (χ4n) is 0.842. The molecule has 4 heteroatoms. The van der Waals surface area contributed by atoms with E-state index < -0.39 is 0 Å². The SMILES string of the molecule is NNCC(=O)c1ccc(O)cc1. The van der Waals surface area contributed by atoms with Crippen LogP contribution in [0.1, 0.15) is 10.4 Å². The van der Waals surface area contributed by atoms with Crippen molar-refractivity contribution in [3.8, 4) is 5.75 Å². The van der Waals surface area contributed by atoms with Crippen molar-refractivity contribution in [1.29, 1.82) is 0 Å². The molecule has 0 aliphatic rings. The Morgan fingerprint density at radius 1 is 1.42 bits per heavy atom. The molecule has 0 amide bonds. The summed E-state index contributed by atoms with van der Waals surface area (Å²) in [7, 11) is 0. The molecule has 0 spiro atoms. The van der Waals surface area contributed by atoms with E-state index in [1.807, 2.05) is 0 Å². The molecule has 4 nitrogen and oxygen atoms in total. The molecule has 0 saturated carbocycles. The van der Waals surface area contributed by atoms with Crippen LogP contribution in [0.5, 0.6) is 5.75 Å². The third-order valence-corrected chi connectivity index (χ3v) is 1.45. The van der Waals surface area contributed by atoms with Crippen LogP contribution in [0.2, 0.25) is 0 Å². The summed E-state index contributed by atoms with van der Waals surface area (Å²) in [6.45, 7) is 0.102. The number of carbonyl (C=O) groups excluding carboxylic acids is 1. The standard InChI is InChI=1S/C8H10N2O2/c9-10-5-8(12)6-1-3-7(11)4-2-6/h1-4,10-11H,5,9H2. The first-order valence-corrected chi connectivity index (χ1v) is 3.49. The van der Waals surface area contributed by atoms with Gasteiger partial charge in [0, 0.05) is 5.56 Å². The first-order chi connectivity index (χ1) is 5.74. The number of nitrogens with two attached hydrogens (primary N) is 1. The Bertz CT molecular complexity index is 269. The van der Waals surface area contributed by atoms with Crippen LogP contribution < -0.4 is 11.3 Å². The lowest BCUT2D eigenvalue weighted by Crippen LogP contribution is -2.28. The highest BCUT2D eigenvalue weighted by Crippen LogP contribution is 2.09. The Morgan fingerprint density at radius 2 is 2.00 bits per heavy atom. The Morgan fingerprint density at radius 3 is 2.50 bits per heavy atom. The summed E-state index contributed by atoms with van der Waals surface area (Å²) in [6, 6.07) is 6.03. The highest BCUT2D eigenvalue weighted by Gasteiger charge is 2.02. The predicted octanol–water partition coefficient (Wildman–Crippen LogP) is 0.0382. The van der Waals surface area contributed by atoms with Crippen molar-refractivity contribution < 1.29 is 9.90 Å². The van der Waals surface area contributed by atoms with Gasteiger partial charge in [-0.2, -0.15) is 0 Å². The minimum Gasteiger partial charge on any atom is -0.508 e. The van der Waals surface area contributed by atoms with Crippen LogP contribution in [0, 0.1) is 0 Å². The van der Waals surface area contributed by atoms with Crippen LogP contribution in [0.3, 0.4) is 0 Å². The maximum atomic E-state index is 11.1. The minimum atomic E-state index is -0.0995. The molecule has 0 aliphatic heterocycles. The van der Waals surface area contributed by atoms with E-state index in [2.05, 4.69) is 5.43 Å². The van der Waals surface area contributed by atoms with Crippen molar-refractivity contribution in [2.24, 2.45) is 5.84 Å². The van der Waals surface area contributed by atoms with Crippen molar-refractivity contribution in [1.82, 2.24) is 5.43 Å². The van der Waals surface area contributed by atoms with Gasteiger partial charge in [-0.1, -0.05) is 0 Å². The maximum absolute atomic E-state index is 11.1. The van der Waals surface area contributed by atoms with Gasteiger partial charge >= 0.3 is 0 Å². The summed E-state index contributed by atoms with van der Waals surface area (Å²) in [6.07, 6.45) is 0. The summed E-state index contributed by atoms with van der Waals surface area (Å²) >= 11 is 0. The van der Waals surface area contributed by atoms with Crippen molar-refractivity contribution in [3.63, 3.8) is 0 Å². The molecule has 1 rings (SSSR count). The van der Waals surface area contributed by atoms with Gasteiger partial charge in [-0.05, 0) is 24.3 Å². The van der Waals surface area contributed by atoms with Gasteiger partial charge in [0.2, 0.25) is 0 Å². The number of hydrogen-bond acceptors (Lipinski definition) is 4. The largest absolute Gasteiger partial charge is 0.508 e. The molecule has 0 atom stereocenters. The zero-order chi connectivity index (χ0) is 8.97. The molecule has 0 fully saturated rings. The van der Waals surface area contributed by atoms with E-state index in [1.165, 1.54) is 12.1 Å². The molecular formula is C8H10N2O2. The Labute approximate surface area is 70.0 Å². The zero-order valence-electron chi connectivity index (χ0n) is 6.45. The van der Waals surface area contributed by atoms with Gasteiger partial charge in [-0.15, -0.1) is 0 Å². The molecule has 64 valence electrons. The highest BCUT2D eigenvalue weighted by atomic mass is 16.3. The monoisotopic (exact) mass is 166 g/mol. The number of aromatic hydroxyl groups is 1. The Balaban J connectivity index is 2.75. The number of hydrogen-bond donors (Lipinski definition) is 3. The van der Waals surface area contributed by atoms with E-state index in [-0.39, 0.29) is 18.1 Å². The molecule has 1 aromatic rings. The average molecular weight is 166 g/mol. The molecule has 12 heavy (non-hydrogen) atoms. The summed E-state index contributed by atoms with van der Waals surface area (Å²) in [5.41, 5.74) is 2.80.